The fourth-order valence-electron chi connectivity index (χ4n) is 3.17. The summed E-state index contributed by atoms with van der Waals surface area (Å²) >= 11 is 10.4. The lowest BCUT2D eigenvalue weighted by Crippen LogP contribution is -2.51. The van der Waals surface area contributed by atoms with E-state index in [-0.39, 0.29) is 22.1 Å². The zero-order chi connectivity index (χ0) is 26.3. The van der Waals surface area contributed by atoms with E-state index in [2.05, 4.69) is 29.3 Å². The van der Waals surface area contributed by atoms with Crippen molar-refractivity contribution in [2.24, 2.45) is 0 Å². The van der Waals surface area contributed by atoms with Crippen molar-refractivity contribution < 1.29 is 24.2 Å². The van der Waals surface area contributed by atoms with Gasteiger partial charge in [0.25, 0.3) is 11.8 Å². The minimum atomic E-state index is -1.45. The lowest BCUT2D eigenvalue weighted by molar-refractivity contribution is -0.136. The van der Waals surface area contributed by atoms with Crippen molar-refractivity contribution in [2.45, 2.75) is 45.4 Å². The average molecular weight is 518 g/mol. The van der Waals surface area contributed by atoms with Crippen LogP contribution in [0.15, 0.2) is 42.5 Å². The van der Waals surface area contributed by atoms with Gasteiger partial charge in [0.1, 0.15) is 17.4 Å². The zero-order valence-electron chi connectivity index (χ0n) is 19.8. The quantitative estimate of drug-likeness (QED) is 0.249. The molecule has 0 spiro atoms. The number of phenolic OH excluding ortho intramolecular Hbond substituents is 1. The number of phenols is 1. The Morgan fingerprint density at radius 3 is 2.40 bits per heavy atom. The number of anilines is 1. The maximum Gasteiger partial charge on any atom is 0.408 e. The third-order valence-electron chi connectivity index (χ3n) is 4.76. The minimum absolute atomic E-state index is 0.0798. The molecule has 2 rings (SSSR count). The summed E-state index contributed by atoms with van der Waals surface area (Å²) in [6.45, 7) is 6.77. The predicted molar refractivity (Wildman–Crippen MR) is 138 cm³/mol. The maximum absolute atomic E-state index is 13.5. The molecule has 3 N–H and O–H groups in total. The predicted octanol–water partition coefficient (Wildman–Crippen LogP) is 4.28. The Kier molecular flexibility index (Phi) is 9.46. The molecular formula is C25H28ClN3O5S. The second-order valence-electron chi connectivity index (χ2n) is 8.60. The van der Waals surface area contributed by atoms with E-state index in [1.165, 1.54) is 12.1 Å². The minimum Gasteiger partial charge on any atom is -0.508 e. The van der Waals surface area contributed by atoms with Gasteiger partial charge < -0.3 is 20.5 Å². The maximum atomic E-state index is 13.5. The number of halogens is 1. The van der Waals surface area contributed by atoms with E-state index in [0.717, 1.165) is 4.90 Å². The van der Waals surface area contributed by atoms with Crippen LogP contribution in [-0.2, 0) is 14.3 Å². The van der Waals surface area contributed by atoms with Crippen molar-refractivity contribution in [1.29, 1.82) is 0 Å². The number of amides is 3. The number of aryl methyl sites for hydroxylation is 1. The summed E-state index contributed by atoms with van der Waals surface area (Å²) < 4.78 is 5.21. The molecular weight excluding hydrogens is 490 g/mol. The van der Waals surface area contributed by atoms with Gasteiger partial charge in [-0.25, -0.2) is 4.79 Å². The number of para-hydroxylation sites is 2. The first-order chi connectivity index (χ1) is 16.4. The molecule has 2 atom stereocenters. The first-order valence-electron chi connectivity index (χ1n) is 10.6. The molecule has 0 aliphatic heterocycles. The Morgan fingerprint density at radius 2 is 1.86 bits per heavy atom. The molecule has 0 saturated heterocycles. The van der Waals surface area contributed by atoms with Crippen LogP contribution in [0.25, 0.3) is 0 Å². The topological polar surface area (TPSA) is 108 Å². The molecule has 3 amide bonds. The van der Waals surface area contributed by atoms with Crippen LogP contribution >= 0.6 is 24.2 Å². The third kappa shape index (κ3) is 7.31. The van der Waals surface area contributed by atoms with Gasteiger partial charge in [-0.15, -0.1) is 0 Å². The van der Waals surface area contributed by atoms with Gasteiger partial charge in [0.05, 0.1) is 10.7 Å². The molecule has 2 aromatic carbocycles. The number of ether oxygens (including phenoxy) is 1. The third-order valence-corrected chi connectivity index (χ3v) is 5.44. The van der Waals surface area contributed by atoms with Gasteiger partial charge in [-0.05, 0) is 45.4 Å². The van der Waals surface area contributed by atoms with E-state index < -0.39 is 35.6 Å². The average Bonchev–Trinajstić information content (AvgIpc) is 2.77. The van der Waals surface area contributed by atoms with Gasteiger partial charge in [-0.3, -0.25) is 14.5 Å². The second kappa shape index (κ2) is 11.9. The number of carbonyl (C=O) groups excluding carboxylic acids is 3. The van der Waals surface area contributed by atoms with Crippen molar-refractivity contribution in [3.63, 3.8) is 0 Å². The standard InChI is InChI=1S/C25H28ClN3O5S/c1-6-29(23(32)18(14-35)27-24(33)34-25(3,4)5)21(16-11-7-8-13-19(16)30)22(31)28-20-15(2)10-9-12-17(20)26/h1,7-13,18,21,30,35H,14H2,2-5H3,(H,27,33)(H,28,31). The monoisotopic (exact) mass is 517 g/mol. The normalized spacial score (nSPS) is 12.6. The van der Waals surface area contributed by atoms with Crippen LogP contribution in [0.2, 0.25) is 5.02 Å². The molecule has 0 heterocycles. The van der Waals surface area contributed by atoms with Crippen molar-refractivity contribution in [2.75, 3.05) is 11.1 Å². The SMILES string of the molecule is C#CN(C(=O)C(CS)NC(=O)OC(C)(C)C)C(C(=O)Nc1c(C)cccc1Cl)c1ccccc1O. The first-order valence-corrected chi connectivity index (χ1v) is 11.6. The van der Waals surface area contributed by atoms with Gasteiger partial charge in [0, 0.05) is 17.4 Å². The molecule has 0 aromatic heterocycles. The Hall–Kier alpha value is -3.35. The molecule has 0 bridgehead atoms. The number of nitrogens with one attached hydrogen (secondary N) is 2. The molecule has 0 fully saturated rings. The Bertz CT molecular complexity index is 1120. The summed E-state index contributed by atoms with van der Waals surface area (Å²) in [5.74, 6) is -1.90. The lowest BCUT2D eigenvalue weighted by Gasteiger charge is -2.30. The summed E-state index contributed by atoms with van der Waals surface area (Å²) in [5, 5.41) is 15.9. The molecule has 8 nitrogen and oxygen atoms in total. The van der Waals surface area contributed by atoms with Crippen molar-refractivity contribution >= 4 is 47.8 Å². The highest BCUT2D eigenvalue weighted by Gasteiger charge is 2.37. The van der Waals surface area contributed by atoms with E-state index >= 15 is 0 Å². The van der Waals surface area contributed by atoms with Gasteiger partial charge >= 0.3 is 6.09 Å². The molecule has 0 saturated carbocycles. The van der Waals surface area contributed by atoms with Gasteiger partial charge in [0.15, 0.2) is 6.04 Å². The highest BCUT2D eigenvalue weighted by molar-refractivity contribution is 7.80. The Morgan fingerprint density at radius 1 is 1.20 bits per heavy atom. The van der Waals surface area contributed by atoms with E-state index in [4.69, 9.17) is 22.8 Å². The highest BCUT2D eigenvalue weighted by Crippen LogP contribution is 2.32. The van der Waals surface area contributed by atoms with Gasteiger partial charge in [0.2, 0.25) is 0 Å². The van der Waals surface area contributed by atoms with Crippen LogP contribution in [0, 0.1) is 19.4 Å². The number of benzene rings is 2. The lowest BCUT2D eigenvalue weighted by atomic mass is 10.0. The number of nitrogens with zero attached hydrogens (tertiary/aromatic N) is 1. The van der Waals surface area contributed by atoms with Crippen LogP contribution in [0.3, 0.4) is 0 Å². The Balaban J connectivity index is 2.46. The number of carbonyl (C=O) groups is 3. The van der Waals surface area contributed by atoms with Crippen LogP contribution < -0.4 is 10.6 Å². The van der Waals surface area contributed by atoms with E-state index in [1.807, 2.05) is 0 Å². The summed E-state index contributed by atoms with van der Waals surface area (Å²) in [6.07, 6.45) is 4.83. The first kappa shape index (κ1) is 27.9. The zero-order valence-corrected chi connectivity index (χ0v) is 21.5. The molecule has 186 valence electrons. The fraction of sp³-hybridized carbons (Fsp3) is 0.320. The number of aromatic hydroxyl groups is 1. The summed E-state index contributed by atoms with van der Waals surface area (Å²) in [6, 6.07) is 10.6. The fourth-order valence-corrected chi connectivity index (χ4v) is 3.68. The van der Waals surface area contributed by atoms with Crippen molar-refractivity contribution in [1.82, 2.24) is 10.2 Å². The van der Waals surface area contributed by atoms with Crippen LogP contribution in [0.5, 0.6) is 5.75 Å². The van der Waals surface area contributed by atoms with E-state index in [9.17, 15) is 19.5 Å². The highest BCUT2D eigenvalue weighted by atomic mass is 35.5. The number of alkyl carbamates (subject to hydrolysis) is 1. The number of hydrogen-bond acceptors (Lipinski definition) is 6. The van der Waals surface area contributed by atoms with Gasteiger partial charge in [-0.1, -0.05) is 48.4 Å². The van der Waals surface area contributed by atoms with Crippen LogP contribution in [-0.4, -0.2) is 45.3 Å². The largest absolute Gasteiger partial charge is 0.508 e. The van der Waals surface area contributed by atoms with Crippen LogP contribution in [0.4, 0.5) is 10.5 Å². The second-order valence-corrected chi connectivity index (χ2v) is 9.37. The number of thiol groups is 1. The summed E-state index contributed by atoms with van der Waals surface area (Å²) in [7, 11) is 0. The summed E-state index contributed by atoms with van der Waals surface area (Å²) in [5.41, 5.74) is 0.295. The summed E-state index contributed by atoms with van der Waals surface area (Å²) in [4.78, 5) is 40.0. The number of rotatable bonds is 7. The molecule has 10 heteroatoms. The van der Waals surface area contributed by atoms with Crippen molar-refractivity contribution in [3.8, 4) is 18.2 Å². The van der Waals surface area contributed by atoms with Crippen molar-refractivity contribution in [3.05, 3.63) is 58.6 Å². The molecule has 0 aliphatic rings. The van der Waals surface area contributed by atoms with Gasteiger partial charge in [-0.2, -0.15) is 12.6 Å². The number of hydrogen-bond donors (Lipinski definition) is 4. The molecule has 2 aromatic rings. The number of terminal acetylenes is 1. The van der Waals surface area contributed by atoms with E-state index in [1.54, 1.807) is 58.0 Å². The van der Waals surface area contributed by atoms with Crippen LogP contribution in [0.1, 0.15) is 37.9 Å². The Labute approximate surface area is 215 Å². The van der Waals surface area contributed by atoms with E-state index in [0.29, 0.717) is 11.3 Å². The molecule has 0 aliphatic carbocycles. The molecule has 2 unspecified atom stereocenters. The molecule has 0 radical (unpaired) electrons. The smallest absolute Gasteiger partial charge is 0.408 e. The molecule has 35 heavy (non-hydrogen) atoms.